The summed E-state index contributed by atoms with van der Waals surface area (Å²) in [4.78, 5) is 14.0. The predicted molar refractivity (Wildman–Crippen MR) is 89.0 cm³/mol. The Hall–Kier alpha value is -1.59. The lowest BCUT2D eigenvalue weighted by molar-refractivity contribution is 0.0636. The Balaban J connectivity index is 1.79. The van der Waals surface area contributed by atoms with E-state index in [4.69, 9.17) is 4.74 Å². The summed E-state index contributed by atoms with van der Waals surface area (Å²) in [5, 5.41) is 6.31. The van der Waals surface area contributed by atoms with Gasteiger partial charge in [-0.3, -0.25) is 5.32 Å². The summed E-state index contributed by atoms with van der Waals surface area (Å²) in [6.45, 7) is 8.67. The Morgan fingerprint density at radius 1 is 1.32 bits per heavy atom. The van der Waals surface area contributed by atoms with E-state index >= 15 is 0 Å². The highest BCUT2D eigenvalue weighted by molar-refractivity contribution is 5.84. The standard InChI is InChI=1S/C17H27N3O2/c1-17(2,3)22-16(21)19-14-7-5-13(6-8-14)11-18-15-9-10-20(4)12-15/h5-8,15,18H,9-12H2,1-4H3,(H,19,21). The number of hydrogen-bond donors (Lipinski definition) is 2. The number of benzene rings is 1. The van der Waals surface area contributed by atoms with Gasteiger partial charge in [0.2, 0.25) is 0 Å². The van der Waals surface area contributed by atoms with E-state index in [0.717, 1.165) is 25.3 Å². The minimum atomic E-state index is -0.484. The highest BCUT2D eigenvalue weighted by Gasteiger charge is 2.18. The van der Waals surface area contributed by atoms with Crippen LogP contribution < -0.4 is 10.6 Å². The molecule has 1 saturated heterocycles. The second-order valence-electron chi connectivity index (χ2n) is 6.95. The second-order valence-corrected chi connectivity index (χ2v) is 6.95. The molecular formula is C17H27N3O2. The van der Waals surface area contributed by atoms with E-state index in [1.807, 2.05) is 45.0 Å². The van der Waals surface area contributed by atoms with Crippen LogP contribution in [0.1, 0.15) is 32.8 Å². The number of ether oxygens (including phenoxy) is 1. The molecule has 1 heterocycles. The maximum absolute atomic E-state index is 11.7. The van der Waals surface area contributed by atoms with Gasteiger partial charge in [-0.1, -0.05) is 12.1 Å². The SMILES string of the molecule is CN1CCC(NCc2ccc(NC(=O)OC(C)(C)C)cc2)C1. The van der Waals surface area contributed by atoms with Crippen molar-refractivity contribution in [1.82, 2.24) is 10.2 Å². The number of carbonyl (C=O) groups excluding carboxylic acids is 1. The van der Waals surface area contributed by atoms with E-state index in [2.05, 4.69) is 22.6 Å². The molecule has 5 heteroatoms. The first-order valence-electron chi connectivity index (χ1n) is 7.83. The molecule has 1 amide bonds. The van der Waals surface area contributed by atoms with Gasteiger partial charge in [0.05, 0.1) is 0 Å². The molecule has 2 rings (SSSR count). The fraction of sp³-hybridized carbons (Fsp3) is 0.588. The molecule has 1 aromatic carbocycles. The van der Waals surface area contributed by atoms with Gasteiger partial charge in [-0.25, -0.2) is 4.79 Å². The first kappa shape index (κ1) is 16.8. The van der Waals surface area contributed by atoms with E-state index in [1.54, 1.807) is 0 Å². The number of nitrogens with one attached hydrogen (secondary N) is 2. The summed E-state index contributed by atoms with van der Waals surface area (Å²) in [5.41, 5.74) is 1.48. The zero-order valence-electron chi connectivity index (χ0n) is 14.0. The lowest BCUT2D eigenvalue weighted by Crippen LogP contribution is -2.30. The summed E-state index contributed by atoms with van der Waals surface area (Å²) in [6.07, 6.45) is 0.779. The lowest BCUT2D eigenvalue weighted by atomic mass is 10.2. The fourth-order valence-corrected chi connectivity index (χ4v) is 2.49. The third-order valence-corrected chi connectivity index (χ3v) is 3.59. The monoisotopic (exact) mass is 305 g/mol. The number of carbonyl (C=O) groups is 1. The first-order valence-corrected chi connectivity index (χ1v) is 7.83. The normalized spacial score (nSPS) is 19.2. The van der Waals surface area contributed by atoms with Crippen LogP contribution in [-0.2, 0) is 11.3 Å². The van der Waals surface area contributed by atoms with Crippen LogP contribution >= 0.6 is 0 Å². The third-order valence-electron chi connectivity index (χ3n) is 3.59. The Kier molecular flexibility index (Phi) is 5.42. The fourth-order valence-electron chi connectivity index (χ4n) is 2.49. The maximum atomic E-state index is 11.7. The molecule has 1 aliphatic rings. The largest absolute Gasteiger partial charge is 0.444 e. The average molecular weight is 305 g/mol. The highest BCUT2D eigenvalue weighted by Crippen LogP contribution is 2.13. The van der Waals surface area contributed by atoms with Crippen molar-refractivity contribution in [3.8, 4) is 0 Å². The molecule has 2 N–H and O–H groups in total. The van der Waals surface area contributed by atoms with Crippen molar-refractivity contribution in [2.24, 2.45) is 0 Å². The van der Waals surface area contributed by atoms with E-state index in [-0.39, 0.29) is 0 Å². The van der Waals surface area contributed by atoms with Crippen molar-refractivity contribution in [3.05, 3.63) is 29.8 Å². The topological polar surface area (TPSA) is 53.6 Å². The number of likely N-dealkylation sites (tertiary alicyclic amines) is 1. The van der Waals surface area contributed by atoms with Gasteiger partial charge in [-0.2, -0.15) is 0 Å². The van der Waals surface area contributed by atoms with Crippen LogP contribution in [0.25, 0.3) is 0 Å². The molecule has 1 unspecified atom stereocenters. The molecule has 1 aromatic rings. The minimum Gasteiger partial charge on any atom is -0.444 e. The molecule has 22 heavy (non-hydrogen) atoms. The summed E-state index contributed by atoms with van der Waals surface area (Å²) < 4.78 is 5.23. The van der Waals surface area contributed by atoms with Crippen molar-refractivity contribution in [3.63, 3.8) is 0 Å². The molecule has 0 bridgehead atoms. The van der Waals surface area contributed by atoms with Crippen LogP contribution in [0.5, 0.6) is 0 Å². The van der Waals surface area contributed by atoms with Gasteiger partial charge in [0, 0.05) is 24.8 Å². The number of anilines is 1. The molecule has 0 saturated carbocycles. The van der Waals surface area contributed by atoms with Crippen molar-refractivity contribution >= 4 is 11.8 Å². The summed E-state index contributed by atoms with van der Waals surface area (Å²) in [5.74, 6) is 0. The summed E-state index contributed by atoms with van der Waals surface area (Å²) >= 11 is 0. The number of amides is 1. The van der Waals surface area contributed by atoms with Gasteiger partial charge in [0.1, 0.15) is 5.60 Å². The Labute approximate surface area is 133 Å². The van der Waals surface area contributed by atoms with E-state index < -0.39 is 11.7 Å². The van der Waals surface area contributed by atoms with Gasteiger partial charge < -0.3 is 15.0 Å². The molecule has 1 fully saturated rings. The van der Waals surface area contributed by atoms with Crippen molar-refractivity contribution < 1.29 is 9.53 Å². The molecule has 1 aliphatic heterocycles. The number of hydrogen-bond acceptors (Lipinski definition) is 4. The number of likely N-dealkylation sites (N-methyl/N-ethyl adjacent to an activating group) is 1. The second kappa shape index (κ2) is 7.11. The first-order chi connectivity index (χ1) is 10.3. The van der Waals surface area contributed by atoms with Gasteiger partial charge in [0.25, 0.3) is 0 Å². The van der Waals surface area contributed by atoms with Crippen molar-refractivity contribution in [1.29, 1.82) is 0 Å². The van der Waals surface area contributed by atoms with Crippen LogP contribution in [0.2, 0.25) is 0 Å². The Morgan fingerprint density at radius 3 is 2.55 bits per heavy atom. The Bertz CT molecular complexity index is 494. The quantitative estimate of drug-likeness (QED) is 0.898. The molecule has 0 aromatic heterocycles. The van der Waals surface area contributed by atoms with Gasteiger partial charge >= 0.3 is 6.09 Å². The molecule has 0 aliphatic carbocycles. The smallest absolute Gasteiger partial charge is 0.412 e. The predicted octanol–water partition coefficient (Wildman–Crippen LogP) is 2.83. The zero-order chi connectivity index (χ0) is 16.2. The third kappa shape index (κ3) is 5.66. The lowest BCUT2D eigenvalue weighted by Gasteiger charge is -2.19. The average Bonchev–Trinajstić information content (AvgIpc) is 2.81. The van der Waals surface area contributed by atoms with Gasteiger partial charge in [0.15, 0.2) is 0 Å². The number of rotatable bonds is 4. The Morgan fingerprint density at radius 2 is 2.00 bits per heavy atom. The summed E-state index contributed by atoms with van der Waals surface area (Å²) in [6, 6.07) is 8.43. The minimum absolute atomic E-state index is 0.424. The van der Waals surface area contributed by atoms with E-state index in [1.165, 1.54) is 12.0 Å². The molecule has 0 radical (unpaired) electrons. The highest BCUT2D eigenvalue weighted by atomic mass is 16.6. The summed E-state index contributed by atoms with van der Waals surface area (Å²) in [7, 11) is 2.15. The van der Waals surface area contributed by atoms with Gasteiger partial charge in [-0.15, -0.1) is 0 Å². The molecule has 5 nitrogen and oxygen atoms in total. The maximum Gasteiger partial charge on any atom is 0.412 e. The van der Waals surface area contributed by atoms with Crippen LogP contribution in [0.4, 0.5) is 10.5 Å². The molecule has 0 spiro atoms. The van der Waals surface area contributed by atoms with E-state index in [0.29, 0.717) is 6.04 Å². The van der Waals surface area contributed by atoms with Crippen LogP contribution in [0.15, 0.2) is 24.3 Å². The van der Waals surface area contributed by atoms with Crippen molar-refractivity contribution in [2.75, 3.05) is 25.5 Å². The molecule has 1 atom stereocenters. The molecule has 122 valence electrons. The van der Waals surface area contributed by atoms with Crippen LogP contribution in [-0.4, -0.2) is 42.8 Å². The van der Waals surface area contributed by atoms with Gasteiger partial charge in [-0.05, 0) is 58.5 Å². The van der Waals surface area contributed by atoms with Crippen LogP contribution in [0.3, 0.4) is 0 Å². The van der Waals surface area contributed by atoms with Crippen LogP contribution in [0, 0.1) is 0 Å². The van der Waals surface area contributed by atoms with E-state index in [9.17, 15) is 4.79 Å². The van der Waals surface area contributed by atoms with Crippen molar-refractivity contribution in [2.45, 2.75) is 45.4 Å². The number of nitrogens with zero attached hydrogens (tertiary/aromatic N) is 1. The zero-order valence-corrected chi connectivity index (χ0v) is 14.0. The molecular weight excluding hydrogens is 278 g/mol.